The number of rotatable bonds is 5. The van der Waals surface area contributed by atoms with Crippen LogP contribution in [0.1, 0.15) is 31.4 Å². The Kier molecular flexibility index (Phi) is 2.95. The van der Waals surface area contributed by atoms with E-state index in [1.807, 2.05) is 13.0 Å². The van der Waals surface area contributed by atoms with E-state index in [4.69, 9.17) is 11.6 Å². The first kappa shape index (κ1) is 11.3. The molecule has 0 radical (unpaired) electrons. The number of aryl methyl sites for hydroxylation is 1. The molecule has 0 saturated heterocycles. The maximum Gasteiger partial charge on any atom is 0.226 e. The molecule has 2 fully saturated rings. The summed E-state index contributed by atoms with van der Waals surface area (Å²) in [6, 6.07) is 1.82. The SMILES string of the molecule is Cc1cc(Cl)nc(N(CC2CC2)CC2CC2)n1. The van der Waals surface area contributed by atoms with Gasteiger partial charge in [-0.2, -0.15) is 0 Å². The van der Waals surface area contributed by atoms with Gasteiger partial charge in [-0.15, -0.1) is 0 Å². The summed E-state index contributed by atoms with van der Waals surface area (Å²) in [5.74, 6) is 2.54. The van der Waals surface area contributed by atoms with Crippen LogP contribution in [0.25, 0.3) is 0 Å². The molecule has 0 amide bonds. The predicted molar refractivity (Wildman–Crippen MR) is 69.4 cm³/mol. The van der Waals surface area contributed by atoms with Crippen LogP contribution in [-0.4, -0.2) is 23.1 Å². The molecule has 0 bridgehead atoms. The van der Waals surface area contributed by atoms with E-state index < -0.39 is 0 Å². The normalized spacial score (nSPS) is 19.4. The van der Waals surface area contributed by atoms with Crippen LogP contribution in [0.3, 0.4) is 0 Å². The third-order valence-corrected chi connectivity index (χ3v) is 3.64. The Bertz CT molecular complexity index is 379. The Hall–Kier alpha value is -0.830. The molecule has 0 N–H and O–H groups in total. The van der Waals surface area contributed by atoms with E-state index in [9.17, 15) is 0 Å². The van der Waals surface area contributed by atoms with Gasteiger partial charge in [0, 0.05) is 18.8 Å². The molecular weight excluding hydrogens is 234 g/mol. The summed E-state index contributed by atoms with van der Waals surface area (Å²) in [5.41, 5.74) is 0.955. The lowest BCUT2D eigenvalue weighted by molar-refractivity contribution is 0.661. The molecule has 1 aromatic heterocycles. The highest BCUT2D eigenvalue weighted by Gasteiger charge is 2.30. The summed E-state index contributed by atoms with van der Waals surface area (Å²) in [6.45, 7) is 4.19. The van der Waals surface area contributed by atoms with Crippen molar-refractivity contribution in [3.05, 3.63) is 16.9 Å². The van der Waals surface area contributed by atoms with Gasteiger partial charge in [-0.05, 0) is 50.5 Å². The van der Waals surface area contributed by atoms with Crippen molar-refractivity contribution in [3.8, 4) is 0 Å². The van der Waals surface area contributed by atoms with E-state index in [0.717, 1.165) is 36.6 Å². The topological polar surface area (TPSA) is 29.0 Å². The molecule has 1 aromatic rings. The van der Waals surface area contributed by atoms with E-state index in [1.54, 1.807) is 0 Å². The molecular formula is C13H18ClN3. The summed E-state index contributed by atoms with van der Waals surface area (Å²) in [6.07, 6.45) is 5.45. The van der Waals surface area contributed by atoms with Gasteiger partial charge in [0.25, 0.3) is 0 Å². The number of aromatic nitrogens is 2. The Labute approximate surface area is 107 Å². The summed E-state index contributed by atoms with van der Waals surface area (Å²) in [5, 5.41) is 0.559. The minimum absolute atomic E-state index is 0.559. The van der Waals surface area contributed by atoms with Crippen LogP contribution in [-0.2, 0) is 0 Å². The fourth-order valence-corrected chi connectivity index (χ4v) is 2.35. The second-order valence-corrected chi connectivity index (χ2v) is 5.81. The monoisotopic (exact) mass is 251 g/mol. The van der Waals surface area contributed by atoms with Crippen LogP contribution in [0.15, 0.2) is 6.07 Å². The van der Waals surface area contributed by atoms with Crippen molar-refractivity contribution in [1.82, 2.24) is 9.97 Å². The molecule has 0 spiro atoms. The molecule has 92 valence electrons. The van der Waals surface area contributed by atoms with Gasteiger partial charge in [0.2, 0.25) is 5.95 Å². The average molecular weight is 252 g/mol. The molecule has 4 heteroatoms. The quantitative estimate of drug-likeness (QED) is 0.754. The number of hydrogen-bond acceptors (Lipinski definition) is 3. The van der Waals surface area contributed by atoms with Gasteiger partial charge in [-0.3, -0.25) is 0 Å². The summed E-state index contributed by atoms with van der Waals surface area (Å²) >= 11 is 6.02. The third kappa shape index (κ3) is 3.09. The Balaban J connectivity index is 1.78. The van der Waals surface area contributed by atoms with Crippen LogP contribution >= 0.6 is 11.6 Å². The average Bonchev–Trinajstić information content (AvgIpc) is 3.09. The maximum absolute atomic E-state index is 6.02. The van der Waals surface area contributed by atoms with Crippen LogP contribution in [0.4, 0.5) is 5.95 Å². The zero-order chi connectivity index (χ0) is 11.8. The number of nitrogens with zero attached hydrogens (tertiary/aromatic N) is 3. The number of anilines is 1. The molecule has 0 unspecified atom stereocenters. The van der Waals surface area contributed by atoms with Crippen molar-refractivity contribution in [2.75, 3.05) is 18.0 Å². The highest BCUT2D eigenvalue weighted by atomic mass is 35.5. The Morgan fingerprint density at radius 2 is 1.76 bits per heavy atom. The first-order valence-electron chi connectivity index (χ1n) is 6.47. The first-order valence-corrected chi connectivity index (χ1v) is 6.84. The van der Waals surface area contributed by atoms with Crippen molar-refractivity contribution in [3.63, 3.8) is 0 Å². The van der Waals surface area contributed by atoms with Crippen molar-refractivity contribution < 1.29 is 0 Å². The molecule has 17 heavy (non-hydrogen) atoms. The van der Waals surface area contributed by atoms with Crippen molar-refractivity contribution in [2.45, 2.75) is 32.6 Å². The second kappa shape index (κ2) is 4.45. The Morgan fingerprint density at radius 1 is 1.18 bits per heavy atom. The minimum Gasteiger partial charge on any atom is -0.340 e. The van der Waals surface area contributed by atoms with E-state index in [-0.39, 0.29) is 0 Å². The van der Waals surface area contributed by atoms with Gasteiger partial charge in [0.15, 0.2) is 0 Å². The molecule has 0 atom stereocenters. The van der Waals surface area contributed by atoms with Gasteiger partial charge in [0.1, 0.15) is 5.15 Å². The fraction of sp³-hybridized carbons (Fsp3) is 0.692. The van der Waals surface area contributed by atoms with Gasteiger partial charge in [-0.25, -0.2) is 9.97 Å². The maximum atomic E-state index is 6.02. The predicted octanol–water partition coefficient (Wildman–Crippen LogP) is 3.06. The summed E-state index contributed by atoms with van der Waals surface area (Å²) in [7, 11) is 0. The van der Waals surface area contributed by atoms with Gasteiger partial charge < -0.3 is 4.90 Å². The van der Waals surface area contributed by atoms with Crippen molar-refractivity contribution >= 4 is 17.5 Å². The van der Waals surface area contributed by atoms with Crippen LogP contribution in [0.5, 0.6) is 0 Å². The molecule has 1 heterocycles. The zero-order valence-corrected chi connectivity index (χ0v) is 11.0. The summed E-state index contributed by atoms with van der Waals surface area (Å²) < 4.78 is 0. The lowest BCUT2D eigenvalue weighted by Gasteiger charge is -2.22. The molecule has 3 rings (SSSR count). The molecule has 3 nitrogen and oxygen atoms in total. The fourth-order valence-electron chi connectivity index (χ4n) is 2.12. The lowest BCUT2D eigenvalue weighted by Crippen LogP contribution is -2.30. The molecule has 2 saturated carbocycles. The van der Waals surface area contributed by atoms with Crippen LogP contribution < -0.4 is 4.90 Å². The third-order valence-electron chi connectivity index (χ3n) is 3.45. The highest BCUT2D eigenvalue weighted by molar-refractivity contribution is 6.29. The van der Waals surface area contributed by atoms with Crippen molar-refractivity contribution in [2.24, 2.45) is 11.8 Å². The lowest BCUT2D eigenvalue weighted by atomic mass is 10.3. The minimum atomic E-state index is 0.559. The van der Waals surface area contributed by atoms with E-state index >= 15 is 0 Å². The molecule has 2 aliphatic carbocycles. The smallest absolute Gasteiger partial charge is 0.226 e. The van der Waals surface area contributed by atoms with E-state index in [2.05, 4.69) is 14.9 Å². The van der Waals surface area contributed by atoms with E-state index in [0.29, 0.717) is 5.15 Å². The van der Waals surface area contributed by atoms with Crippen molar-refractivity contribution in [1.29, 1.82) is 0 Å². The molecule has 2 aliphatic rings. The molecule has 0 aliphatic heterocycles. The molecule has 0 aromatic carbocycles. The van der Waals surface area contributed by atoms with Gasteiger partial charge >= 0.3 is 0 Å². The number of hydrogen-bond donors (Lipinski definition) is 0. The standard InChI is InChI=1S/C13H18ClN3/c1-9-6-12(14)16-13(15-9)17(7-10-2-3-10)8-11-4-5-11/h6,10-11H,2-5,7-8H2,1H3. The zero-order valence-electron chi connectivity index (χ0n) is 10.2. The highest BCUT2D eigenvalue weighted by Crippen LogP contribution is 2.35. The van der Waals surface area contributed by atoms with Gasteiger partial charge in [-0.1, -0.05) is 11.6 Å². The first-order chi connectivity index (χ1) is 8.20. The largest absolute Gasteiger partial charge is 0.340 e. The second-order valence-electron chi connectivity index (χ2n) is 5.42. The number of halogens is 1. The van der Waals surface area contributed by atoms with Crippen LogP contribution in [0, 0.1) is 18.8 Å². The van der Waals surface area contributed by atoms with Crippen LogP contribution in [0.2, 0.25) is 5.15 Å². The van der Waals surface area contributed by atoms with E-state index in [1.165, 1.54) is 25.7 Å². The van der Waals surface area contributed by atoms with Gasteiger partial charge in [0.05, 0.1) is 0 Å². The Morgan fingerprint density at radius 3 is 2.24 bits per heavy atom. The summed E-state index contributed by atoms with van der Waals surface area (Å²) in [4.78, 5) is 11.2.